The molecule has 2 aromatic rings. The Bertz CT molecular complexity index is 565. The van der Waals surface area contributed by atoms with Crippen molar-refractivity contribution in [2.75, 3.05) is 20.6 Å². The minimum Gasteiger partial charge on any atom is -0.476 e. The van der Waals surface area contributed by atoms with Gasteiger partial charge in [0.25, 0.3) is 0 Å². The van der Waals surface area contributed by atoms with Gasteiger partial charge in [-0.05, 0) is 26.2 Å². The van der Waals surface area contributed by atoms with E-state index in [0.717, 1.165) is 6.54 Å². The van der Waals surface area contributed by atoms with Crippen molar-refractivity contribution in [3.05, 3.63) is 30.1 Å². The molecule has 0 atom stereocenters. The second kappa shape index (κ2) is 5.57. The fraction of sp³-hybridized carbons (Fsp3) is 0.333. The monoisotopic (exact) mass is 261 g/mol. The molecule has 19 heavy (non-hydrogen) atoms. The summed E-state index contributed by atoms with van der Waals surface area (Å²) < 4.78 is 1.58. The predicted octanol–water partition coefficient (Wildman–Crippen LogP) is 0.600. The van der Waals surface area contributed by atoms with Gasteiger partial charge in [0.15, 0.2) is 5.69 Å². The summed E-state index contributed by atoms with van der Waals surface area (Å²) in [5, 5.41) is 16.8. The number of hydrogen-bond donors (Lipinski definition) is 1. The summed E-state index contributed by atoms with van der Waals surface area (Å²) in [6.07, 6.45) is 1.62. The maximum atomic E-state index is 11.2. The number of aromatic carboxylic acids is 1. The molecule has 0 aliphatic rings. The van der Waals surface area contributed by atoms with Crippen molar-refractivity contribution in [1.29, 1.82) is 0 Å². The molecule has 2 rings (SSSR count). The minimum absolute atomic E-state index is 0.0718. The standard InChI is InChI=1S/C12H15N5O2/c1-16(2)7-8-17-11(9-5-3-4-6-13-9)10(12(18)19)14-15-17/h3-6H,7-8H2,1-2H3,(H,18,19). The zero-order valence-corrected chi connectivity index (χ0v) is 10.8. The van der Waals surface area contributed by atoms with Crippen molar-refractivity contribution in [3.63, 3.8) is 0 Å². The van der Waals surface area contributed by atoms with E-state index in [4.69, 9.17) is 5.11 Å². The molecule has 0 aromatic carbocycles. The molecule has 7 nitrogen and oxygen atoms in total. The third kappa shape index (κ3) is 2.94. The van der Waals surface area contributed by atoms with Gasteiger partial charge < -0.3 is 10.0 Å². The van der Waals surface area contributed by atoms with Crippen molar-refractivity contribution in [2.45, 2.75) is 6.54 Å². The molecule has 0 fully saturated rings. The van der Waals surface area contributed by atoms with Gasteiger partial charge in [-0.1, -0.05) is 11.3 Å². The molecule has 0 aliphatic heterocycles. The summed E-state index contributed by atoms with van der Waals surface area (Å²) in [5.41, 5.74) is 0.927. The zero-order valence-electron chi connectivity index (χ0n) is 10.8. The van der Waals surface area contributed by atoms with Gasteiger partial charge in [-0.15, -0.1) is 5.10 Å². The molecule has 0 saturated carbocycles. The van der Waals surface area contributed by atoms with Gasteiger partial charge in [0.05, 0.1) is 12.2 Å². The van der Waals surface area contributed by atoms with Gasteiger partial charge in [-0.3, -0.25) is 4.98 Å². The number of likely N-dealkylation sites (N-methyl/N-ethyl adjacent to an activating group) is 1. The minimum atomic E-state index is -1.10. The summed E-state index contributed by atoms with van der Waals surface area (Å²) in [6.45, 7) is 1.29. The van der Waals surface area contributed by atoms with E-state index in [0.29, 0.717) is 17.9 Å². The smallest absolute Gasteiger partial charge is 0.358 e. The lowest BCUT2D eigenvalue weighted by Gasteiger charge is -2.11. The van der Waals surface area contributed by atoms with Crippen LogP contribution in [0.1, 0.15) is 10.5 Å². The number of aromatic nitrogens is 4. The molecule has 100 valence electrons. The van der Waals surface area contributed by atoms with Crippen LogP contribution >= 0.6 is 0 Å². The molecular formula is C12H15N5O2. The third-order valence-corrected chi connectivity index (χ3v) is 2.60. The molecule has 0 spiro atoms. The quantitative estimate of drug-likeness (QED) is 0.848. The van der Waals surface area contributed by atoms with E-state index in [-0.39, 0.29) is 5.69 Å². The summed E-state index contributed by atoms with van der Waals surface area (Å²) >= 11 is 0. The fourth-order valence-electron chi connectivity index (χ4n) is 1.66. The van der Waals surface area contributed by atoms with Crippen LogP contribution in [0.25, 0.3) is 11.4 Å². The number of rotatable bonds is 5. The Morgan fingerprint density at radius 3 is 2.79 bits per heavy atom. The van der Waals surface area contributed by atoms with Gasteiger partial charge >= 0.3 is 5.97 Å². The highest BCUT2D eigenvalue weighted by Crippen LogP contribution is 2.19. The Morgan fingerprint density at radius 1 is 1.42 bits per heavy atom. The lowest BCUT2D eigenvalue weighted by atomic mass is 10.2. The molecule has 0 aliphatic carbocycles. The van der Waals surface area contributed by atoms with Crippen LogP contribution in [0.2, 0.25) is 0 Å². The Kier molecular flexibility index (Phi) is 3.86. The van der Waals surface area contributed by atoms with E-state index >= 15 is 0 Å². The lowest BCUT2D eigenvalue weighted by Crippen LogP contribution is -2.19. The van der Waals surface area contributed by atoms with Crippen LogP contribution in [-0.4, -0.2) is 56.6 Å². The molecule has 2 heterocycles. The molecule has 0 saturated heterocycles. The van der Waals surface area contributed by atoms with Crippen molar-refractivity contribution in [3.8, 4) is 11.4 Å². The number of hydrogen-bond acceptors (Lipinski definition) is 5. The maximum Gasteiger partial charge on any atom is 0.358 e. The summed E-state index contributed by atoms with van der Waals surface area (Å²) in [4.78, 5) is 17.4. The Labute approximate surface area is 110 Å². The maximum absolute atomic E-state index is 11.2. The molecule has 0 unspecified atom stereocenters. The van der Waals surface area contributed by atoms with Gasteiger partial charge in [0.1, 0.15) is 5.69 Å². The van der Waals surface area contributed by atoms with E-state index in [1.165, 1.54) is 0 Å². The van der Waals surface area contributed by atoms with Crippen LogP contribution in [0.4, 0.5) is 0 Å². The number of carbonyl (C=O) groups is 1. The van der Waals surface area contributed by atoms with Gasteiger partial charge in [-0.25, -0.2) is 9.48 Å². The Morgan fingerprint density at radius 2 is 2.21 bits per heavy atom. The number of carboxylic acid groups (broad SMARTS) is 1. The second-order valence-corrected chi connectivity index (χ2v) is 4.33. The van der Waals surface area contributed by atoms with E-state index in [1.807, 2.05) is 19.0 Å². The highest BCUT2D eigenvalue weighted by Gasteiger charge is 2.21. The molecule has 7 heteroatoms. The van der Waals surface area contributed by atoms with Gasteiger partial charge in [0, 0.05) is 12.7 Å². The van der Waals surface area contributed by atoms with Gasteiger partial charge in [-0.2, -0.15) is 0 Å². The highest BCUT2D eigenvalue weighted by molar-refractivity contribution is 5.92. The lowest BCUT2D eigenvalue weighted by molar-refractivity contribution is 0.0691. The average molecular weight is 261 g/mol. The highest BCUT2D eigenvalue weighted by atomic mass is 16.4. The normalized spacial score (nSPS) is 10.9. The van der Waals surface area contributed by atoms with E-state index in [2.05, 4.69) is 15.3 Å². The Balaban J connectivity index is 2.42. The second-order valence-electron chi connectivity index (χ2n) is 4.33. The van der Waals surface area contributed by atoms with Crippen LogP contribution in [0.3, 0.4) is 0 Å². The van der Waals surface area contributed by atoms with Crippen molar-refractivity contribution in [2.24, 2.45) is 0 Å². The predicted molar refractivity (Wildman–Crippen MR) is 68.8 cm³/mol. The van der Waals surface area contributed by atoms with E-state index < -0.39 is 5.97 Å². The number of carboxylic acids is 1. The van der Waals surface area contributed by atoms with E-state index in [1.54, 1.807) is 29.1 Å². The first-order chi connectivity index (χ1) is 9.09. The average Bonchev–Trinajstić information content (AvgIpc) is 2.81. The molecular weight excluding hydrogens is 246 g/mol. The topological polar surface area (TPSA) is 84.1 Å². The summed E-state index contributed by atoms with van der Waals surface area (Å²) in [7, 11) is 3.88. The van der Waals surface area contributed by atoms with E-state index in [9.17, 15) is 4.79 Å². The van der Waals surface area contributed by atoms with Crippen molar-refractivity contribution >= 4 is 5.97 Å². The SMILES string of the molecule is CN(C)CCn1nnc(C(=O)O)c1-c1ccccn1. The van der Waals surface area contributed by atoms with Crippen molar-refractivity contribution in [1.82, 2.24) is 24.9 Å². The summed E-state index contributed by atoms with van der Waals surface area (Å²) in [6, 6.07) is 5.33. The Hall–Kier alpha value is -2.28. The van der Waals surface area contributed by atoms with Crippen LogP contribution in [0.15, 0.2) is 24.4 Å². The molecule has 0 amide bonds. The molecule has 2 aromatic heterocycles. The van der Waals surface area contributed by atoms with Crippen LogP contribution < -0.4 is 0 Å². The zero-order chi connectivity index (χ0) is 13.8. The van der Waals surface area contributed by atoms with Crippen LogP contribution in [0, 0.1) is 0 Å². The first kappa shape index (κ1) is 13.2. The van der Waals surface area contributed by atoms with Gasteiger partial charge in [0.2, 0.25) is 0 Å². The van der Waals surface area contributed by atoms with Crippen molar-refractivity contribution < 1.29 is 9.90 Å². The number of pyridine rings is 1. The molecule has 0 radical (unpaired) electrons. The first-order valence-electron chi connectivity index (χ1n) is 5.82. The third-order valence-electron chi connectivity index (χ3n) is 2.60. The number of nitrogens with zero attached hydrogens (tertiary/aromatic N) is 5. The van der Waals surface area contributed by atoms with Crippen LogP contribution in [-0.2, 0) is 6.54 Å². The summed E-state index contributed by atoms with van der Waals surface area (Å²) in [5.74, 6) is -1.10. The van der Waals surface area contributed by atoms with Crippen LogP contribution in [0.5, 0.6) is 0 Å². The first-order valence-corrected chi connectivity index (χ1v) is 5.82. The largest absolute Gasteiger partial charge is 0.476 e. The fourth-order valence-corrected chi connectivity index (χ4v) is 1.66. The molecule has 1 N–H and O–H groups in total. The molecule has 0 bridgehead atoms.